The van der Waals surface area contributed by atoms with Gasteiger partial charge in [0.15, 0.2) is 0 Å². The Morgan fingerprint density at radius 3 is 2.72 bits per heavy atom. The molecule has 0 aliphatic carbocycles. The number of aromatic nitrogens is 1. The smallest absolute Gasteiger partial charge is 0.129 e. The first-order valence-electron chi connectivity index (χ1n) is 5.46. The monoisotopic (exact) mass is 265 g/mol. The van der Waals surface area contributed by atoms with Crippen LogP contribution in [-0.4, -0.2) is 4.98 Å². The van der Waals surface area contributed by atoms with Gasteiger partial charge < -0.3 is 0 Å². The van der Waals surface area contributed by atoms with Crippen LogP contribution in [0, 0.1) is 12.7 Å². The molecule has 18 heavy (non-hydrogen) atoms. The second-order valence-electron chi connectivity index (χ2n) is 3.97. The summed E-state index contributed by atoms with van der Waals surface area (Å²) in [5, 5.41) is 0.351. The number of nitrogens with one attached hydrogen (secondary N) is 1. The lowest BCUT2D eigenvalue weighted by Gasteiger charge is -2.17. The van der Waals surface area contributed by atoms with E-state index < -0.39 is 11.9 Å². The van der Waals surface area contributed by atoms with Gasteiger partial charge >= 0.3 is 0 Å². The molecule has 0 saturated heterocycles. The number of benzene rings is 1. The van der Waals surface area contributed by atoms with Crippen molar-refractivity contribution in [1.82, 2.24) is 10.4 Å². The number of halogens is 2. The zero-order chi connectivity index (χ0) is 13.1. The summed E-state index contributed by atoms with van der Waals surface area (Å²) in [5.74, 6) is 5.10. The quantitative estimate of drug-likeness (QED) is 0.663. The molecule has 0 saturated carbocycles. The highest BCUT2D eigenvalue weighted by Crippen LogP contribution is 2.24. The molecule has 1 aromatic carbocycles. The topological polar surface area (TPSA) is 50.9 Å². The number of nitrogens with two attached hydrogens (primary N) is 1. The third-order valence-electron chi connectivity index (χ3n) is 2.65. The van der Waals surface area contributed by atoms with Crippen LogP contribution >= 0.6 is 11.6 Å². The molecule has 5 heteroatoms. The van der Waals surface area contributed by atoms with E-state index in [9.17, 15) is 4.39 Å². The molecule has 0 aliphatic rings. The van der Waals surface area contributed by atoms with Gasteiger partial charge in [0, 0.05) is 16.3 Å². The fourth-order valence-corrected chi connectivity index (χ4v) is 1.95. The standard InChI is InChI=1S/C13H13ClFN3/c1-8-3-2-4-12(17-8)13(18-16)10-6-5-9(14)7-11(10)15/h2-7,13,18H,16H2,1H3. The van der Waals surface area contributed by atoms with Gasteiger partial charge in [-0.05, 0) is 31.2 Å². The van der Waals surface area contributed by atoms with E-state index in [4.69, 9.17) is 17.4 Å². The average molecular weight is 266 g/mol. The number of aryl methyl sites for hydroxylation is 1. The van der Waals surface area contributed by atoms with Gasteiger partial charge in [-0.3, -0.25) is 10.8 Å². The van der Waals surface area contributed by atoms with E-state index in [-0.39, 0.29) is 0 Å². The van der Waals surface area contributed by atoms with E-state index >= 15 is 0 Å². The van der Waals surface area contributed by atoms with Crippen LogP contribution in [0.2, 0.25) is 5.02 Å². The van der Waals surface area contributed by atoms with Crippen molar-refractivity contribution in [2.24, 2.45) is 5.84 Å². The van der Waals surface area contributed by atoms with E-state index in [0.717, 1.165) is 5.69 Å². The molecule has 0 bridgehead atoms. The Bertz CT molecular complexity index is 560. The summed E-state index contributed by atoms with van der Waals surface area (Å²) >= 11 is 5.73. The number of hydrogen-bond acceptors (Lipinski definition) is 3. The SMILES string of the molecule is Cc1cccc(C(NN)c2ccc(Cl)cc2F)n1. The molecular formula is C13H13ClFN3. The lowest BCUT2D eigenvalue weighted by Crippen LogP contribution is -2.30. The summed E-state index contributed by atoms with van der Waals surface area (Å²) in [6.07, 6.45) is 0. The first-order chi connectivity index (χ1) is 8.61. The Kier molecular flexibility index (Phi) is 3.91. The molecule has 0 fully saturated rings. The summed E-state index contributed by atoms with van der Waals surface area (Å²) in [5.41, 5.74) is 4.51. The van der Waals surface area contributed by atoms with Crippen LogP contribution in [0.4, 0.5) is 4.39 Å². The number of rotatable bonds is 3. The highest BCUT2D eigenvalue weighted by molar-refractivity contribution is 6.30. The minimum atomic E-state index is -0.498. The molecule has 0 spiro atoms. The third kappa shape index (κ3) is 2.67. The number of hydrogen-bond donors (Lipinski definition) is 2. The molecule has 2 rings (SSSR count). The van der Waals surface area contributed by atoms with Crippen LogP contribution in [0.1, 0.15) is 23.0 Å². The third-order valence-corrected chi connectivity index (χ3v) is 2.88. The highest BCUT2D eigenvalue weighted by atomic mass is 35.5. The summed E-state index contributed by atoms with van der Waals surface area (Å²) in [6, 6.07) is 9.52. The summed E-state index contributed by atoms with van der Waals surface area (Å²) in [7, 11) is 0. The van der Waals surface area contributed by atoms with Crippen LogP contribution in [0.15, 0.2) is 36.4 Å². The van der Waals surface area contributed by atoms with Crippen molar-refractivity contribution in [2.45, 2.75) is 13.0 Å². The maximum Gasteiger partial charge on any atom is 0.129 e. The number of hydrazine groups is 1. The Hall–Kier alpha value is -1.49. The zero-order valence-electron chi connectivity index (χ0n) is 9.82. The maximum atomic E-state index is 13.9. The Morgan fingerprint density at radius 2 is 2.11 bits per heavy atom. The van der Waals surface area contributed by atoms with Gasteiger partial charge in [-0.1, -0.05) is 23.7 Å². The lowest BCUT2D eigenvalue weighted by molar-refractivity contribution is 0.552. The van der Waals surface area contributed by atoms with Crippen molar-refractivity contribution in [3.63, 3.8) is 0 Å². The molecule has 1 aromatic heterocycles. The van der Waals surface area contributed by atoms with Crippen molar-refractivity contribution >= 4 is 11.6 Å². The van der Waals surface area contributed by atoms with Crippen LogP contribution < -0.4 is 11.3 Å². The lowest BCUT2D eigenvalue weighted by atomic mass is 10.0. The largest absolute Gasteiger partial charge is 0.271 e. The van der Waals surface area contributed by atoms with E-state index in [1.165, 1.54) is 6.07 Å². The normalized spacial score (nSPS) is 12.4. The predicted octanol–water partition coefficient (Wildman–Crippen LogP) is 2.74. The first kappa shape index (κ1) is 13.0. The fraction of sp³-hybridized carbons (Fsp3) is 0.154. The average Bonchev–Trinajstić information content (AvgIpc) is 2.33. The van der Waals surface area contributed by atoms with Gasteiger partial charge in [-0.15, -0.1) is 0 Å². The Balaban J connectivity index is 2.45. The van der Waals surface area contributed by atoms with Crippen molar-refractivity contribution in [3.8, 4) is 0 Å². The molecule has 94 valence electrons. The van der Waals surface area contributed by atoms with Crippen molar-refractivity contribution in [2.75, 3.05) is 0 Å². The second kappa shape index (κ2) is 5.44. The highest BCUT2D eigenvalue weighted by Gasteiger charge is 2.18. The van der Waals surface area contributed by atoms with Crippen LogP contribution in [-0.2, 0) is 0 Å². The molecular weight excluding hydrogens is 253 g/mol. The fourth-order valence-electron chi connectivity index (χ4n) is 1.80. The number of pyridine rings is 1. The number of nitrogens with zero attached hydrogens (tertiary/aromatic N) is 1. The van der Waals surface area contributed by atoms with Crippen molar-refractivity contribution in [3.05, 3.63) is 64.2 Å². The van der Waals surface area contributed by atoms with E-state index in [2.05, 4.69) is 10.4 Å². The summed E-state index contributed by atoms with van der Waals surface area (Å²) in [4.78, 5) is 4.34. The molecule has 0 amide bonds. The van der Waals surface area contributed by atoms with Crippen LogP contribution in [0.3, 0.4) is 0 Å². The Morgan fingerprint density at radius 1 is 1.33 bits per heavy atom. The Labute approximate surface area is 110 Å². The van der Waals surface area contributed by atoms with Gasteiger partial charge in [0.2, 0.25) is 0 Å². The minimum Gasteiger partial charge on any atom is -0.271 e. The van der Waals surface area contributed by atoms with Gasteiger partial charge in [-0.25, -0.2) is 9.82 Å². The second-order valence-corrected chi connectivity index (χ2v) is 4.41. The molecule has 3 nitrogen and oxygen atoms in total. The molecule has 1 heterocycles. The van der Waals surface area contributed by atoms with Gasteiger partial charge in [0.25, 0.3) is 0 Å². The van der Waals surface area contributed by atoms with Crippen molar-refractivity contribution in [1.29, 1.82) is 0 Å². The van der Waals surface area contributed by atoms with E-state index in [0.29, 0.717) is 16.3 Å². The molecule has 1 atom stereocenters. The zero-order valence-corrected chi connectivity index (χ0v) is 10.6. The molecule has 0 radical (unpaired) electrons. The van der Waals surface area contributed by atoms with Crippen LogP contribution in [0.25, 0.3) is 0 Å². The van der Waals surface area contributed by atoms with Crippen LogP contribution in [0.5, 0.6) is 0 Å². The predicted molar refractivity (Wildman–Crippen MR) is 69.6 cm³/mol. The minimum absolute atomic E-state index is 0.351. The first-order valence-corrected chi connectivity index (χ1v) is 5.84. The van der Waals surface area contributed by atoms with E-state index in [1.54, 1.807) is 18.2 Å². The van der Waals surface area contributed by atoms with Gasteiger partial charge in [0.05, 0.1) is 11.7 Å². The molecule has 0 aliphatic heterocycles. The van der Waals surface area contributed by atoms with Gasteiger partial charge in [0.1, 0.15) is 5.82 Å². The molecule has 3 N–H and O–H groups in total. The summed E-state index contributed by atoms with van der Waals surface area (Å²) < 4.78 is 13.9. The molecule has 2 aromatic rings. The molecule has 1 unspecified atom stereocenters. The van der Waals surface area contributed by atoms with Crippen molar-refractivity contribution < 1.29 is 4.39 Å². The van der Waals surface area contributed by atoms with E-state index in [1.807, 2.05) is 19.1 Å². The van der Waals surface area contributed by atoms with Gasteiger partial charge in [-0.2, -0.15) is 0 Å². The summed E-state index contributed by atoms with van der Waals surface area (Å²) in [6.45, 7) is 1.87. The maximum absolute atomic E-state index is 13.9.